The van der Waals surface area contributed by atoms with Crippen LogP contribution in [0.1, 0.15) is 10.6 Å². The van der Waals surface area contributed by atoms with Crippen LogP contribution in [0.2, 0.25) is 0 Å². The second kappa shape index (κ2) is 4.43. The minimum atomic E-state index is -0.295. The van der Waals surface area contributed by atoms with E-state index in [1.165, 1.54) is 0 Å². The molecule has 4 nitrogen and oxygen atoms in total. The van der Waals surface area contributed by atoms with Gasteiger partial charge in [0, 0.05) is 6.20 Å². The Morgan fingerprint density at radius 3 is 2.80 bits per heavy atom. The van der Waals surface area contributed by atoms with Crippen molar-refractivity contribution >= 4 is 34.3 Å². The van der Waals surface area contributed by atoms with Crippen LogP contribution in [0, 0.1) is 3.77 Å². The molecule has 2 heterocycles. The zero-order chi connectivity index (χ0) is 10.7. The molecule has 2 aromatic heterocycles. The number of hydrogen-bond acceptors (Lipinski definition) is 3. The first-order valence-corrected chi connectivity index (χ1v) is 5.31. The van der Waals surface area contributed by atoms with Crippen LogP contribution in [0.3, 0.4) is 0 Å². The molecule has 0 bridgehead atoms. The van der Waals surface area contributed by atoms with Crippen molar-refractivity contribution in [2.45, 2.75) is 0 Å². The van der Waals surface area contributed by atoms with Crippen molar-refractivity contribution in [1.82, 2.24) is 4.98 Å². The average Bonchev–Trinajstić information content (AvgIpc) is 2.66. The fraction of sp³-hybridized carbons (Fsp3) is 0. The molecular weight excluding hydrogens is 307 g/mol. The Morgan fingerprint density at radius 1 is 1.33 bits per heavy atom. The van der Waals surface area contributed by atoms with Gasteiger partial charge in [0.05, 0.1) is 0 Å². The summed E-state index contributed by atoms with van der Waals surface area (Å²) in [6.45, 7) is 0. The van der Waals surface area contributed by atoms with Crippen LogP contribution in [-0.2, 0) is 0 Å². The van der Waals surface area contributed by atoms with Crippen LogP contribution in [0.4, 0.5) is 5.82 Å². The molecule has 0 aliphatic carbocycles. The van der Waals surface area contributed by atoms with Gasteiger partial charge in [0.1, 0.15) is 5.82 Å². The van der Waals surface area contributed by atoms with Crippen LogP contribution in [0.5, 0.6) is 0 Å². The van der Waals surface area contributed by atoms with Gasteiger partial charge in [0.2, 0.25) is 0 Å². The first-order chi connectivity index (χ1) is 7.25. The van der Waals surface area contributed by atoms with Gasteiger partial charge in [-0.3, -0.25) is 4.79 Å². The summed E-state index contributed by atoms with van der Waals surface area (Å²) in [5, 5.41) is 2.62. The first-order valence-electron chi connectivity index (χ1n) is 4.23. The third kappa shape index (κ3) is 2.56. The number of aromatic nitrogens is 1. The predicted molar refractivity (Wildman–Crippen MR) is 63.6 cm³/mol. The van der Waals surface area contributed by atoms with E-state index >= 15 is 0 Å². The minimum Gasteiger partial charge on any atom is -0.445 e. The molecule has 76 valence electrons. The molecule has 0 aromatic carbocycles. The molecule has 0 saturated heterocycles. The number of carbonyl (C=O) groups is 1. The van der Waals surface area contributed by atoms with Crippen LogP contribution < -0.4 is 5.32 Å². The van der Waals surface area contributed by atoms with Crippen LogP contribution >= 0.6 is 22.6 Å². The maximum atomic E-state index is 11.6. The van der Waals surface area contributed by atoms with Crippen LogP contribution in [0.25, 0.3) is 0 Å². The molecule has 2 aromatic rings. The topological polar surface area (TPSA) is 55.1 Å². The summed E-state index contributed by atoms with van der Waals surface area (Å²) >= 11 is 2.00. The first kappa shape index (κ1) is 10.2. The van der Waals surface area contributed by atoms with E-state index < -0.39 is 0 Å². The molecule has 2 rings (SSSR count). The lowest BCUT2D eigenvalue weighted by Crippen LogP contribution is -2.11. The Labute approximate surface area is 99.8 Å². The molecule has 1 N–H and O–H groups in total. The lowest BCUT2D eigenvalue weighted by atomic mass is 10.4. The zero-order valence-electron chi connectivity index (χ0n) is 7.61. The number of pyridine rings is 1. The Balaban J connectivity index is 2.11. The highest BCUT2D eigenvalue weighted by Crippen LogP contribution is 2.11. The number of amides is 1. The molecule has 0 aliphatic heterocycles. The average molecular weight is 314 g/mol. The van der Waals surface area contributed by atoms with Crippen molar-refractivity contribution in [3.63, 3.8) is 0 Å². The zero-order valence-corrected chi connectivity index (χ0v) is 9.76. The Kier molecular flexibility index (Phi) is 3.00. The minimum absolute atomic E-state index is 0.282. The van der Waals surface area contributed by atoms with Gasteiger partial charge in [-0.15, -0.1) is 0 Å². The maximum absolute atomic E-state index is 11.6. The lowest BCUT2D eigenvalue weighted by Gasteiger charge is -2.00. The van der Waals surface area contributed by atoms with E-state index in [4.69, 9.17) is 4.42 Å². The Morgan fingerprint density at radius 2 is 2.20 bits per heavy atom. The summed E-state index contributed by atoms with van der Waals surface area (Å²) < 4.78 is 5.84. The molecule has 0 radical (unpaired) electrons. The van der Waals surface area contributed by atoms with E-state index in [9.17, 15) is 4.79 Å². The number of anilines is 1. The summed E-state index contributed by atoms with van der Waals surface area (Å²) in [7, 11) is 0. The van der Waals surface area contributed by atoms with Crippen molar-refractivity contribution < 1.29 is 9.21 Å². The van der Waals surface area contributed by atoms with Gasteiger partial charge >= 0.3 is 0 Å². The quantitative estimate of drug-likeness (QED) is 0.867. The highest BCUT2D eigenvalue weighted by molar-refractivity contribution is 14.1. The van der Waals surface area contributed by atoms with Crippen LogP contribution in [-0.4, -0.2) is 10.9 Å². The van der Waals surface area contributed by atoms with E-state index in [0.29, 0.717) is 9.58 Å². The number of carbonyl (C=O) groups excluding carboxylic acids is 1. The van der Waals surface area contributed by atoms with E-state index in [0.717, 1.165) is 0 Å². The molecule has 1 amide bonds. The number of rotatable bonds is 2. The molecule has 5 heteroatoms. The fourth-order valence-corrected chi connectivity index (χ4v) is 1.47. The number of halogens is 1. The Bertz CT molecular complexity index is 467. The highest BCUT2D eigenvalue weighted by Gasteiger charge is 2.10. The second-order valence-electron chi connectivity index (χ2n) is 2.77. The molecular formula is C10H7IN2O2. The molecule has 0 saturated carbocycles. The monoisotopic (exact) mass is 314 g/mol. The normalized spacial score (nSPS) is 9.93. The Hall–Kier alpha value is -1.37. The number of furan rings is 1. The molecule has 0 aliphatic rings. The molecule has 0 spiro atoms. The smallest absolute Gasteiger partial charge is 0.292 e. The van der Waals surface area contributed by atoms with E-state index in [1.807, 2.05) is 22.6 Å². The lowest BCUT2D eigenvalue weighted by molar-refractivity contribution is 0.0995. The molecule has 0 fully saturated rings. The summed E-state index contributed by atoms with van der Waals surface area (Å²) in [4.78, 5) is 15.6. The van der Waals surface area contributed by atoms with Crippen LogP contribution in [0.15, 0.2) is 40.9 Å². The van der Waals surface area contributed by atoms with E-state index in [-0.39, 0.29) is 11.7 Å². The van der Waals surface area contributed by atoms with Gasteiger partial charge in [0.25, 0.3) is 5.91 Å². The van der Waals surface area contributed by atoms with Gasteiger partial charge in [-0.25, -0.2) is 4.98 Å². The second-order valence-corrected chi connectivity index (χ2v) is 3.84. The summed E-state index contributed by atoms with van der Waals surface area (Å²) in [5.41, 5.74) is 0. The van der Waals surface area contributed by atoms with Crippen molar-refractivity contribution in [2.24, 2.45) is 0 Å². The van der Waals surface area contributed by atoms with Gasteiger partial charge in [0.15, 0.2) is 9.53 Å². The molecule has 0 atom stereocenters. The van der Waals surface area contributed by atoms with Gasteiger partial charge in [-0.2, -0.15) is 0 Å². The number of nitrogens with zero attached hydrogens (tertiary/aromatic N) is 1. The third-order valence-electron chi connectivity index (χ3n) is 1.70. The van der Waals surface area contributed by atoms with Gasteiger partial charge in [-0.1, -0.05) is 6.07 Å². The van der Waals surface area contributed by atoms with Crippen molar-refractivity contribution in [2.75, 3.05) is 5.32 Å². The number of nitrogens with one attached hydrogen (secondary N) is 1. The van der Waals surface area contributed by atoms with E-state index in [1.54, 1.807) is 36.5 Å². The van der Waals surface area contributed by atoms with Crippen molar-refractivity contribution in [1.29, 1.82) is 0 Å². The maximum Gasteiger partial charge on any atom is 0.292 e. The van der Waals surface area contributed by atoms with E-state index in [2.05, 4.69) is 10.3 Å². The molecule has 15 heavy (non-hydrogen) atoms. The standard InChI is InChI=1S/C10H7IN2O2/c11-8-5-4-7(15-8)10(14)13-9-3-1-2-6-12-9/h1-6H,(H,12,13,14). The predicted octanol–water partition coefficient (Wildman–Crippen LogP) is 2.53. The highest BCUT2D eigenvalue weighted by atomic mass is 127. The summed E-state index contributed by atoms with van der Waals surface area (Å²) in [6, 6.07) is 8.65. The fourth-order valence-electron chi connectivity index (χ4n) is 1.05. The summed E-state index contributed by atoms with van der Waals surface area (Å²) in [5.74, 6) is 0.496. The molecule has 0 unspecified atom stereocenters. The van der Waals surface area contributed by atoms with Gasteiger partial charge in [-0.05, 0) is 46.9 Å². The third-order valence-corrected chi connectivity index (χ3v) is 2.28. The SMILES string of the molecule is O=C(Nc1ccccn1)c1ccc(I)o1. The van der Waals surface area contributed by atoms with Crippen molar-refractivity contribution in [3.8, 4) is 0 Å². The number of hydrogen-bond donors (Lipinski definition) is 1. The van der Waals surface area contributed by atoms with Gasteiger partial charge < -0.3 is 9.73 Å². The summed E-state index contributed by atoms with van der Waals surface area (Å²) in [6.07, 6.45) is 1.61. The van der Waals surface area contributed by atoms with Crippen molar-refractivity contribution in [3.05, 3.63) is 46.1 Å². The largest absolute Gasteiger partial charge is 0.445 e.